The second kappa shape index (κ2) is 33.8. The Hall–Kier alpha value is -17.3. The number of hydrogen-bond donors (Lipinski definition) is 2. The first-order valence-corrected chi connectivity index (χ1v) is 47.4. The van der Waals surface area contributed by atoms with Gasteiger partial charge in [0.1, 0.15) is 33.5 Å². The monoisotopic (exact) mass is 1820 g/mol. The number of anilines is 6. The van der Waals surface area contributed by atoms with Gasteiger partial charge in [-0.1, -0.05) is 398 Å². The van der Waals surface area contributed by atoms with E-state index in [2.05, 4.69) is 474 Å². The molecule has 0 aliphatic heterocycles. The summed E-state index contributed by atoms with van der Waals surface area (Å²) in [4.78, 5) is 2.45. The van der Waals surface area contributed by atoms with Crippen LogP contribution in [0.2, 0.25) is 0 Å². The average Bonchev–Trinajstić information content (AvgIpc) is 1.55. The largest absolute Gasteiger partial charge is 0.456 e. The average molecular weight is 1820 g/mol. The fourth-order valence-electron chi connectivity index (χ4n) is 22.6. The lowest BCUT2D eigenvalue weighted by Gasteiger charge is -2.35. The number of nitrogens with one attached hydrogen (secondary N) is 1. The van der Waals surface area contributed by atoms with Crippen molar-refractivity contribution in [3.63, 3.8) is 0 Å². The summed E-state index contributed by atoms with van der Waals surface area (Å²) in [6.07, 6.45) is 0. The molecule has 28 rings (SSSR count). The number of nitrogens with two attached hydrogens (primary N) is 1. The van der Waals surface area contributed by atoms with Crippen molar-refractivity contribution in [1.82, 2.24) is 4.57 Å². The molecule has 3 aliphatic rings. The molecule has 0 spiro atoms. The van der Waals surface area contributed by atoms with Gasteiger partial charge in [-0.3, -0.25) is 0 Å². The highest BCUT2D eigenvalue weighted by atomic mass is 79.9. The van der Waals surface area contributed by atoms with Crippen LogP contribution in [0, 0.1) is 0 Å². The summed E-state index contributed by atoms with van der Waals surface area (Å²) in [7, 11) is 0. The zero-order chi connectivity index (χ0) is 91.1. The molecule has 648 valence electrons. The van der Waals surface area contributed by atoms with E-state index in [-0.39, 0.29) is 5.41 Å². The van der Waals surface area contributed by atoms with Crippen LogP contribution in [0.4, 0.5) is 34.1 Å². The molecule has 0 saturated carbocycles. The molecule has 25 aromatic rings. The molecule has 0 bridgehead atoms. The van der Waals surface area contributed by atoms with Crippen molar-refractivity contribution in [1.29, 1.82) is 0 Å². The smallest absolute Gasteiger partial charge is 0.137 e. The summed E-state index contributed by atoms with van der Waals surface area (Å²) in [5.74, 6) is 0. The summed E-state index contributed by atoms with van der Waals surface area (Å²) in [5.41, 5.74) is 42.9. The molecule has 0 saturated heterocycles. The third-order valence-corrected chi connectivity index (χ3v) is 28.9. The van der Waals surface area contributed by atoms with E-state index in [4.69, 9.17) is 19.0 Å². The van der Waals surface area contributed by atoms with Crippen LogP contribution in [-0.2, 0) is 16.2 Å². The number of furan rings is 3. The minimum absolute atomic E-state index is 0.343. The van der Waals surface area contributed by atoms with E-state index in [1.165, 1.54) is 122 Å². The summed E-state index contributed by atoms with van der Waals surface area (Å²) < 4.78 is 21.9. The predicted molar refractivity (Wildman–Crippen MR) is 570 cm³/mol. The number of nitrogens with zero attached hydrogens (tertiary/aromatic N) is 2. The van der Waals surface area contributed by atoms with Gasteiger partial charge in [-0.05, 0) is 228 Å². The van der Waals surface area contributed by atoms with E-state index in [1.807, 2.05) is 66.7 Å². The van der Waals surface area contributed by atoms with Crippen molar-refractivity contribution in [2.24, 2.45) is 0 Å². The zero-order valence-corrected chi connectivity index (χ0v) is 76.2. The molecule has 137 heavy (non-hydrogen) atoms. The lowest BCUT2D eigenvalue weighted by atomic mass is 9.67. The van der Waals surface area contributed by atoms with Gasteiger partial charge in [-0.2, -0.15) is 0 Å². The van der Waals surface area contributed by atoms with Gasteiger partial charge in [0.05, 0.1) is 49.4 Å². The first-order chi connectivity index (χ1) is 67.8. The van der Waals surface area contributed by atoms with Crippen molar-refractivity contribution in [3.05, 3.63) is 581 Å². The Bertz CT molecular complexity index is 8800. The van der Waals surface area contributed by atoms with E-state index in [1.54, 1.807) is 0 Å². The second-order valence-electron chi connectivity index (χ2n) is 35.5. The molecule has 0 unspecified atom stereocenters. The highest BCUT2D eigenvalue weighted by Gasteiger charge is 2.50. The van der Waals surface area contributed by atoms with Gasteiger partial charge in [0.2, 0.25) is 0 Å². The van der Waals surface area contributed by atoms with Crippen LogP contribution in [0.5, 0.6) is 0 Å². The minimum Gasteiger partial charge on any atom is -0.456 e. The van der Waals surface area contributed by atoms with Crippen LogP contribution in [-0.4, -0.2) is 4.57 Å². The third kappa shape index (κ3) is 13.2. The summed E-state index contributed by atoms with van der Waals surface area (Å²) in [6.45, 7) is 0. The maximum Gasteiger partial charge on any atom is 0.137 e. The maximum absolute atomic E-state index is 6.53. The molecule has 0 radical (unpaired) electrons. The topological polar surface area (TPSA) is 85.6 Å². The molecule has 0 atom stereocenters. The van der Waals surface area contributed by atoms with E-state index in [0.29, 0.717) is 0 Å². The van der Waals surface area contributed by atoms with Crippen molar-refractivity contribution in [2.75, 3.05) is 16.0 Å². The quantitative estimate of drug-likeness (QED) is 0.119. The number of benzene rings is 21. The zero-order valence-electron chi connectivity index (χ0n) is 74.6. The number of nitrogen functional groups attached to an aromatic ring is 1. The Balaban J connectivity index is 0.000000108. The lowest BCUT2D eigenvalue weighted by molar-refractivity contribution is 0.668. The first-order valence-electron chi connectivity index (χ1n) is 46.6. The van der Waals surface area contributed by atoms with Crippen LogP contribution in [0.15, 0.2) is 527 Å². The Labute approximate surface area is 801 Å². The molecule has 3 N–H and O–H groups in total. The first kappa shape index (κ1) is 81.7. The van der Waals surface area contributed by atoms with E-state index in [0.717, 1.165) is 110 Å². The van der Waals surface area contributed by atoms with Gasteiger partial charge < -0.3 is 33.8 Å². The van der Waals surface area contributed by atoms with Gasteiger partial charge in [0, 0.05) is 65.2 Å². The van der Waals surface area contributed by atoms with Crippen LogP contribution in [0.25, 0.3) is 127 Å². The molecular formula is C129H87BrN4O3. The number of aromatic nitrogens is 1. The Morgan fingerprint density at radius 1 is 0.241 bits per heavy atom. The molecule has 4 aromatic heterocycles. The molecule has 8 heteroatoms. The minimum atomic E-state index is -0.530. The van der Waals surface area contributed by atoms with Gasteiger partial charge >= 0.3 is 0 Å². The Morgan fingerprint density at radius 2 is 0.584 bits per heavy atom. The molecule has 21 aromatic carbocycles. The standard InChI is InChI=1S/C55H36N2O.C37H25NO.C25H19N.C12H7BrO/c1-4-17-37(18-5-1)55(38-19-6-2-7-20-38)47-26-13-10-23-42(47)43-33-31-41(36-48(43)55)56(51-28-16-30-53-54(51)45-25-12-15-29-52(45)58-53)40-32-34-50-46(35-40)44-24-11-14-27-49(44)57(50)39-21-8-3-9-22-39;1-3-12-25(13-4-1)37(26-14-5-2-6-15-26)31-18-9-7-16-28(31)29-23-22-27(24-32(29)37)38-33-19-11-21-35-36(33)30-17-8-10-20-34(30)39-35;26-20-15-16-22-21-13-7-8-14-23(21)25(24(22)17-20,18-9-3-1-4-10-18)19-11-5-2-6-12-19;13-9-5-3-7-11-12(9)8-4-1-2-6-10(8)14-11/h1-36H;1-24,38H;1-17H,26H2;1-7H. The Morgan fingerprint density at radius 3 is 1.09 bits per heavy atom. The van der Waals surface area contributed by atoms with E-state index >= 15 is 0 Å². The molecule has 3 aliphatic carbocycles. The lowest BCUT2D eigenvalue weighted by Crippen LogP contribution is -2.28. The fraction of sp³-hybridized carbons (Fsp3) is 0.0233. The van der Waals surface area contributed by atoms with Crippen molar-refractivity contribution in [3.8, 4) is 39.1 Å². The SMILES string of the molecule is Brc1cccc2oc3ccccc3c12.Nc1ccc2c(c1)C(c1ccccc1)(c1ccccc1)c1ccccc1-2.c1ccc(-n2c3ccccc3c3cc(N(c4ccc5c(c4)C(c4ccccc4)(c4ccccc4)c4ccccc4-5)c4cccc5oc6ccccc6c45)ccc32)cc1.c1ccc(C2(c3ccccc3)c3ccccc3-c3ccc(Nc4cccc5oc6ccccc6c45)cc32)cc1. The van der Waals surface area contributed by atoms with Crippen molar-refractivity contribution < 1.29 is 13.3 Å². The molecule has 0 fully saturated rings. The molecular weight excluding hydrogens is 1730 g/mol. The summed E-state index contributed by atoms with van der Waals surface area (Å²) in [5, 5.41) is 12.9. The van der Waals surface area contributed by atoms with Gasteiger partial charge in [-0.25, -0.2) is 0 Å². The summed E-state index contributed by atoms with van der Waals surface area (Å²) in [6, 6.07) is 182. The highest BCUT2D eigenvalue weighted by Crippen LogP contribution is 2.61. The van der Waals surface area contributed by atoms with Crippen LogP contribution in [0.1, 0.15) is 66.8 Å². The number of halogens is 1. The van der Waals surface area contributed by atoms with E-state index < -0.39 is 10.8 Å². The van der Waals surface area contributed by atoms with Crippen molar-refractivity contribution in [2.45, 2.75) is 16.2 Å². The van der Waals surface area contributed by atoms with E-state index in [9.17, 15) is 0 Å². The van der Waals surface area contributed by atoms with Crippen LogP contribution >= 0.6 is 15.9 Å². The highest BCUT2D eigenvalue weighted by molar-refractivity contribution is 9.10. The normalized spacial score (nSPS) is 13.1. The second-order valence-corrected chi connectivity index (χ2v) is 36.3. The van der Waals surface area contributed by atoms with Crippen LogP contribution < -0.4 is 16.0 Å². The van der Waals surface area contributed by atoms with Crippen LogP contribution in [0.3, 0.4) is 0 Å². The molecule has 4 heterocycles. The molecule has 7 nitrogen and oxygen atoms in total. The molecule has 0 amide bonds. The third-order valence-electron chi connectivity index (χ3n) is 28.2. The number of hydrogen-bond acceptors (Lipinski definition) is 6. The number of rotatable bonds is 12. The predicted octanol–water partition coefficient (Wildman–Crippen LogP) is 34.2. The number of fused-ring (bicyclic) bond motifs is 21. The summed E-state index contributed by atoms with van der Waals surface area (Å²) >= 11 is 3.54. The van der Waals surface area contributed by atoms with Gasteiger partial charge in [0.25, 0.3) is 0 Å². The number of para-hydroxylation sites is 5. The van der Waals surface area contributed by atoms with Gasteiger partial charge in [-0.15, -0.1) is 0 Å². The van der Waals surface area contributed by atoms with Crippen molar-refractivity contribution >= 4 is 138 Å². The Kier molecular flexibility index (Phi) is 20.1. The maximum atomic E-state index is 6.53. The van der Waals surface area contributed by atoms with Gasteiger partial charge in [0.15, 0.2) is 0 Å². The fourth-order valence-corrected chi connectivity index (χ4v) is 23.2.